The summed E-state index contributed by atoms with van der Waals surface area (Å²) in [6.45, 7) is 0.369. The van der Waals surface area contributed by atoms with Crippen LogP contribution in [0.3, 0.4) is 0 Å². The van der Waals surface area contributed by atoms with E-state index in [2.05, 4.69) is 15.9 Å². The first-order valence-corrected chi connectivity index (χ1v) is 5.67. The standard InChI is InChI=1S/C13H10BrFO/c14-12-7-6-10(8-13(12)15)9-16-11-4-2-1-3-5-11/h1-8H,9H2. The van der Waals surface area contributed by atoms with E-state index in [1.54, 1.807) is 6.07 Å². The normalized spacial score (nSPS) is 10.1. The van der Waals surface area contributed by atoms with Crippen LogP contribution < -0.4 is 4.74 Å². The highest BCUT2D eigenvalue weighted by atomic mass is 79.9. The third-order valence-corrected chi connectivity index (χ3v) is 2.78. The van der Waals surface area contributed by atoms with Gasteiger partial charge in [0.1, 0.15) is 18.2 Å². The lowest BCUT2D eigenvalue weighted by molar-refractivity contribution is 0.305. The zero-order valence-corrected chi connectivity index (χ0v) is 10.1. The smallest absolute Gasteiger partial charge is 0.137 e. The van der Waals surface area contributed by atoms with Gasteiger partial charge in [-0.25, -0.2) is 4.39 Å². The first-order valence-electron chi connectivity index (χ1n) is 4.87. The second-order valence-electron chi connectivity index (χ2n) is 3.35. The monoisotopic (exact) mass is 280 g/mol. The Morgan fingerprint density at radius 2 is 1.81 bits per heavy atom. The Morgan fingerprint density at radius 1 is 1.06 bits per heavy atom. The lowest BCUT2D eigenvalue weighted by Gasteiger charge is -2.06. The summed E-state index contributed by atoms with van der Waals surface area (Å²) >= 11 is 3.11. The van der Waals surface area contributed by atoms with Gasteiger partial charge in [0.15, 0.2) is 0 Å². The molecule has 0 aliphatic carbocycles. The van der Waals surface area contributed by atoms with Crippen LogP contribution >= 0.6 is 15.9 Å². The van der Waals surface area contributed by atoms with Crippen LogP contribution in [-0.2, 0) is 6.61 Å². The molecule has 3 heteroatoms. The van der Waals surface area contributed by atoms with Gasteiger partial charge in [0.2, 0.25) is 0 Å². The molecule has 2 aromatic carbocycles. The maximum atomic E-state index is 13.2. The van der Waals surface area contributed by atoms with Crippen LogP contribution in [0.25, 0.3) is 0 Å². The summed E-state index contributed by atoms with van der Waals surface area (Å²) < 4.78 is 19.2. The van der Waals surface area contributed by atoms with Gasteiger partial charge in [-0.15, -0.1) is 0 Å². The van der Waals surface area contributed by atoms with Crippen LogP contribution in [0.5, 0.6) is 5.75 Å². The maximum Gasteiger partial charge on any atom is 0.137 e. The van der Waals surface area contributed by atoms with Crippen molar-refractivity contribution in [2.45, 2.75) is 6.61 Å². The van der Waals surface area contributed by atoms with Gasteiger partial charge in [-0.05, 0) is 45.8 Å². The fraction of sp³-hybridized carbons (Fsp3) is 0.0769. The van der Waals surface area contributed by atoms with E-state index < -0.39 is 0 Å². The van der Waals surface area contributed by atoms with E-state index in [9.17, 15) is 4.39 Å². The Hall–Kier alpha value is -1.35. The molecule has 0 aliphatic heterocycles. The molecule has 0 N–H and O–H groups in total. The van der Waals surface area contributed by atoms with Crippen molar-refractivity contribution in [2.75, 3.05) is 0 Å². The van der Waals surface area contributed by atoms with Gasteiger partial charge in [0.05, 0.1) is 4.47 Å². The third kappa shape index (κ3) is 2.83. The molecule has 0 fully saturated rings. The molecule has 0 spiro atoms. The molecule has 0 aromatic heterocycles. The number of halogens is 2. The number of ether oxygens (including phenoxy) is 1. The van der Waals surface area contributed by atoms with E-state index in [1.165, 1.54) is 6.07 Å². The van der Waals surface area contributed by atoms with Gasteiger partial charge in [-0.1, -0.05) is 24.3 Å². The predicted octanol–water partition coefficient (Wildman–Crippen LogP) is 4.17. The van der Waals surface area contributed by atoms with Crippen molar-refractivity contribution in [1.82, 2.24) is 0 Å². The van der Waals surface area contributed by atoms with Crippen molar-refractivity contribution in [2.24, 2.45) is 0 Å². The van der Waals surface area contributed by atoms with E-state index in [0.29, 0.717) is 11.1 Å². The highest BCUT2D eigenvalue weighted by Crippen LogP contribution is 2.18. The fourth-order valence-corrected chi connectivity index (χ4v) is 1.56. The Bertz CT molecular complexity index is 471. The molecule has 2 rings (SSSR count). The minimum atomic E-state index is -0.269. The molecule has 0 aliphatic rings. The molecular formula is C13H10BrFO. The maximum absolute atomic E-state index is 13.2. The number of benzene rings is 2. The second kappa shape index (κ2) is 5.12. The Morgan fingerprint density at radius 3 is 2.50 bits per heavy atom. The minimum Gasteiger partial charge on any atom is -0.489 e. The van der Waals surface area contributed by atoms with Crippen LogP contribution in [0.1, 0.15) is 5.56 Å². The Balaban J connectivity index is 2.03. The van der Waals surface area contributed by atoms with E-state index in [-0.39, 0.29) is 5.82 Å². The van der Waals surface area contributed by atoms with Crippen molar-refractivity contribution in [3.63, 3.8) is 0 Å². The topological polar surface area (TPSA) is 9.23 Å². The molecule has 2 aromatic rings. The largest absolute Gasteiger partial charge is 0.489 e. The summed E-state index contributed by atoms with van der Waals surface area (Å²) in [6.07, 6.45) is 0. The number of hydrogen-bond acceptors (Lipinski definition) is 1. The molecule has 0 atom stereocenters. The van der Waals surface area contributed by atoms with Gasteiger partial charge in [0.25, 0.3) is 0 Å². The molecule has 0 unspecified atom stereocenters. The van der Waals surface area contributed by atoms with Crippen LogP contribution in [0, 0.1) is 5.82 Å². The van der Waals surface area contributed by atoms with Crippen molar-refractivity contribution in [3.8, 4) is 5.75 Å². The van der Waals surface area contributed by atoms with Crippen molar-refractivity contribution < 1.29 is 9.13 Å². The van der Waals surface area contributed by atoms with E-state index in [0.717, 1.165) is 11.3 Å². The highest BCUT2D eigenvalue weighted by molar-refractivity contribution is 9.10. The van der Waals surface area contributed by atoms with E-state index >= 15 is 0 Å². The average molecular weight is 281 g/mol. The number of para-hydroxylation sites is 1. The minimum absolute atomic E-state index is 0.269. The summed E-state index contributed by atoms with van der Waals surface area (Å²) in [5.74, 6) is 0.514. The number of rotatable bonds is 3. The van der Waals surface area contributed by atoms with Gasteiger partial charge >= 0.3 is 0 Å². The zero-order chi connectivity index (χ0) is 11.4. The summed E-state index contributed by atoms with van der Waals surface area (Å²) in [7, 11) is 0. The van der Waals surface area contributed by atoms with Gasteiger partial charge in [0, 0.05) is 0 Å². The molecule has 1 nitrogen and oxygen atoms in total. The quantitative estimate of drug-likeness (QED) is 0.820. The number of hydrogen-bond donors (Lipinski definition) is 0. The first-order chi connectivity index (χ1) is 7.75. The van der Waals surface area contributed by atoms with Crippen molar-refractivity contribution in [3.05, 3.63) is 64.4 Å². The summed E-state index contributed by atoms with van der Waals surface area (Å²) in [6, 6.07) is 14.4. The fourth-order valence-electron chi connectivity index (χ4n) is 1.31. The van der Waals surface area contributed by atoms with Crippen LogP contribution in [0.4, 0.5) is 4.39 Å². The average Bonchev–Trinajstić information content (AvgIpc) is 2.32. The molecule has 0 bridgehead atoms. The predicted molar refractivity (Wildman–Crippen MR) is 64.9 cm³/mol. The molecule has 0 radical (unpaired) electrons. The van der Waals surface area contributed by atoms with Gasteiger partial charge in [-0.3, -0.25) is 0 Å². The lowest BCUT2D eigenvalue weighted by Crippen LogP contribution is -1.95. The van der Waals surface area contributed by atoms with Crippen molar-refractivity contribution in [1.29, 1.82) is 0 Å². The highest BCUT2D eigenvalue weighted by Gasteiger charge is 2.01. The molecule has 0 amide bonds. The zero-order valence-electron chi connectivity index (χ0n) is 8.49. The van der Waals surface area contributed by atoms with E-state index in [4.69, 9.17) is 4.74 Å². The Kier molecular flexibility index (Phi) is 3.57. The van der Waals surface area contributed by atoms with Crippen LogP contribution in [0.15, 0.2) is 53.0 Å². The molecule has 0 saturated carbocycles. The molecule has 16 heavy (non-hydrogen) atoms. The molecule has 0 heterocycles. The van der Waals surface area contributed by atoms with Crippen molar-refractivity contribution >= 4 is 15.9 Å². The van der Waals surface area contributed by atoms with Gasteiger partial charge < -0.3 is 4.74 Å². The first kappa shape index (κ1) is 11.1. The summed E-state index contributed by atoms with van der Waals surface area (Å²) in [4.78, 5) is 0. The van der Waals surface area contributed by atoms with Crippen LogP contribution in [0.2, 0.25) is 0 Å². The van der Waals surface area contributed by atoms with Crippen LogP contribution in [-0.4, -0.2) is 0 Å². The van der Waals surface area contributed by atoms with E-state index in [1.807, 2.05) is 36.4 Å². The molecular weight excluding hydrogens is 271 g/mol. The molecule has 82 valence electrons. The lowest BCUT2D eigenvalue weighted by atomic mass is 10.2. The summed E-state index contributed by atoms with van der Waals surface area (Å²) in [5.41, 5.74) is 0.810. The SMILES string of the molecule is Fc1cc(COc2ccccc2)ccc1Br. The Labute approximate surface area is 102 Å². The van der Waals surface area contributed by atoms with Gasteiger partial charge in [-0.2, -0.15) is 0 Å². The third-order valence-electron chi connectivity index (χ3n) is 2.13. The molecule has 0 saturated heterocycles. The second-order valence-corrected chi connectivity index (χ2v) is 4.20. The summed E-state index contributed by atoms with van der Waals surface area (Å²) in [5, 5.41) is 0.